The molecule has 0 aliphatic heterocycles. The third-order valence-corrected chi connectivity index (χ3v) is 3.77. The number of benzene rings is 2. The number of thiocarbonyl (C=S) groups is 1. The van der Waals surface area contributed by atoms with E-state index in [1.807, 2.05) is 13.8 Å². The van der Waals surface area contributed by atoms with E-state index < -0.39 is 0 Å². The number of halogens is 1. The van der Waals surface area contributed by atoms with Crippen LogP contribution in [0.25, 0.3) is 0 Å². The first kappa shape index (κ1) is 19.9. The summed E-state index contributed by atoms with van der Waals surface area (Å²) in [7, 11) is 0. The zero-order chi connectivity index (χ0) is 19.1. The first-order valence-corrected chi connectivity index (χ1v) is 8.90. The Labute approximate surface area is 163 Å². The molecule has 0 bridgehead atoms. The molecule has 0 saturated carbocycles. The summed E-state index contributed by atoms with van der Waals surface area (Å²) in [5.74, 6) is -0.104. The van der Waals surface area contributed by atoms with Crippen LogP contribution >= 0.6 is 23.8 Å². The molecule has 2 amide bonds. The molecule has 2 rings (SSSR count). The normalized spacial score (nSPS) is 10.3. The van der Waals surface area contributed by atoms with E-state index in [4.69, 9.17) is 23.8 Å². The fraction of sp³-hybridized carbons (Fsp3) is 0.211. The van der Waals surface area contributed by atoms with Gasteiger partial charge in [0.2, 0.25) is 5.91 Å². The number of hydrogen-bond donors (Lipinski definition) is 3. The lowest BCUT2D eigenvalue weighted by atomic mass is 10.1. The number of rotatable bonds is 5. The van der Waals surface area contributed by atoms with Crippen LogP contribution in [0.3, 0.4) is 0 Å². The van der Waals surface area contributed by atoms with Crippen molar-refractivity contribution in [2.24, 2.45) is 5.92 Å². The molecule has 0 aliphatic rings. The SMILES string of the molecule is CC(C)CC(=O)NC(=S)Nc1ccc(NC(=O)c2cccc(Cl)c2)cc1. The molecule has 2 aromatic rings. The molecule has 0 radical (unpaired) electrons. The third kappa shape index (κ3) is 6.46. The molecule has 0 unspecified atom stereocenters. The predicted molar refractivity (Wildman–Crippen MR) is 110 cm³/mol. The summed E-state index contributed by atoms with van der Waals surface area (Å²) in [5, 5.41) is 9.11. The minimum absolute atomic E-state index is 0.122. The fourth-order valence-electron chi connectivity index (χ4n) is 2.18. The molecule has 0 spiro atoms. The minimum Gasteiger partial charge on any atom is -0.332 e. The molecule has 0 aliphatic carbocycles. The van der Waals surface area contributed by atoms with Crippen LogP contribution in [0.4, 0.5) is 11.4 Å². The van der Waals surface area contributed by atoms with E-state index in [-0.39, 0.29) is 22.8 Å². The number of carbonyl (C=O) groups is 2. The van der Waals surface area contributed by atoms with Gasteiger partial charge in [-0.25, -0.2) is 0 Å². The van der Waals surface area contributed by atoms with Gasteiger partial charge in [0.15, 0.2) is 5.11 Å². The van der Waals surface area contributed by atoms with Crippen molar-refractivity contribution in [2.75, 3.05) is 10.6 Å². The van der Waals surface area contributed by atoms with E-state index >= 15 is 0 Å². The topological polar surface area (TPSA) is 70.2 Å². The van der Waals surface area contributed by atoms with Crippen LogP contribution in [0.2, 0.25) is 5.02 Å². The Morgan fingerprint density at radius 1 is 1.04 bits per heavy atom. The van der Waals surface area contributed by atoms with Crippen molar-refractivity contribution >= 4 is 52.1 Å². The maximum atomic E-state index is 12.2. The second-order valence-electron chi connectivity index (χ2n) is 6.14. The summed E-state index contributed by atoms with van der Waals surface area (Å²) in [6.07, 6.45) is 0.413. The number of carbonyl (C=O) groups excluding carboxylic acids is 2. The van der Waals surface area contributed by atoms with E-state index in [0.29, 0.717) is 28.4 Å². The predicted octanol–water partition coefficient (Wildman–Crippen LogP) is 4.45. The third-order valence-electron chi connectivity index (χ3n) is 3.33. The fourth-order valence-corrected chi connectivity index (χ4v) is 2.60. The standard InChI is InChI=1S/C19H20ClN3O2S/c1-12(2)10-17(24)23-19(26)22-16-8-6-15(7-9-16)21-18(25)13-4-3-5-14(20)11-13/h3-9,11-12H,10H2,1-2H3,(H,21,25)(H2,22,23,24,26). The monoisotopic (exact) mass is 389 g/mol. The van der Waals surface area contributed by atoms with Crippen LogP contribution in [0.15, 0.2) is 48.5 Å². The molecule has 3 N–H and O–H groups in total. The average molecular weight is 390 g/mol. The van der Waals surface area contributed by atoms with Gasteiger partial charge in [-0.15, -0.1) is 0 Å². The maximum Gasteiger partial charge on any atom is 0.255 e. The molecule has 0 fully saturated rings. The molecule has 7 heteroatoms. The number of anilines is 2. The van der Waals surface area contributed by atoms with Crippen molar-refractivity contribution in [1.82, 2.24) is 5.32 Å². The van der Waals surface area contributed by atoms with E-state index in [2.05, 4.69) is 16.0 Å². The average Bonchev–Trinajstić information content (AvgIpc) is 2.55. The number of nitrogens with one attached hydrogen (secondary N) is 3. The molecule has 0 aromatic heterocycles. The summed E-state index contributed by atoms with van der Waals surface area (Å²) in [4.78, 5) is 23.9. The van der Waals surface area contributed by atoms with E-state index in [1.54, 1.807) is 48.5 Å². The van der Waals surface area contributed by atoms with Crippen LogP contribution in [0, 0.1) is 5.92 Å². The first-order valence-electron chi connectivity index (χ1n) is 8.11. The van der Waals surface area contributed by atoms with Gasteiger partial charge in [0.05, 0.1) is 0 Å². The molecular weight excluding hydrogens is 370 g/mol. The lowest BCUT2D eigenvalue weighted by molar-refractivity contribution is -0.120. The minimum atomic E-state index is -0.246. The summed E-state index contributed by atoms with van der Waals surface area (Å²) < 4.78 is 0. The van der Waals surface area contributed by atoms with Gasteiger partial charge < -0.3 is 16.0 Å². The molecule has 0 atom stereocenters. The van der Waals surface area contributed by atoms with Gasteiger partial charge in [-0.1, -0.05) is 31.5 Å². The molecule has 136 valence electrons. The highest BCUT2D eigenvalue weighted by Gasteiger charge is 2.08. The highest BCUT2D eigenvalue weighted by atomic mass is 35.5. The maximum absolute atomic E-state index is 12.2. The van der Waals surface area contributed by atoms with E-state index in [1.165, 1.54) is 0 Å². The zero-order valence-corrected chi connectivity index (χ0v) is 16.1. The Bertz CT molecular complexity index is 807. The summed E-state index contributed by atoms with van der Waals surface area (Å²) in [6.45, 7) is 3.93. The zero-order valence-electron chi connectivity index (χ0n) is 14.5. The molecule has 5 nitrogen and oxygen atoms in total. The van der Waals surface area contributed by atoms with Crippen LogP contribution in [0.1, 0.15) is 30.6 Å². The Balaban J connectivity index is 1.90. The van der Waals surface area contributed by atoms with Crippen LogP contribution in [0.5, 0.6) is 0 Å². The number of hydrogen-bond acceptors (Lipinski definition) is 3. The van der Waals surface area contributed by atoms with Crippen molar-refractivity contribution < 1.29 is 9.59 Å². The Morgan fingerprint density at radius 3 is 2.23 bits per heavy atom. The summed E-state index contributed by atoms with van der Waals surface area (Å²) in [5.41, 5.74) is 1.82. The lowest BCUT2D eigenvalue weighted by Crippen LogP contribution is -2.34. The molecule has 26 heavy (non-hydrogen) atoms. The van der Waals surface area contributed by atoms with Crippen molar-refractivity contribution in [3.05, 3.63) is 59.1 Å². The van der Waals surface area contributed by atoms with Gasteiger partial charge in [-0.3, -0.25) is 9.59 Å². The second-order valence-corrected chi connectivity index (χ2v) is 6.99. The Kier molecular flexibility index (Phi) is 7.12. The van der Waals surface area contributed by atoms with Crippen LogP contribution < -0.4 is 16.0 Å². The van der Waals surface area contributed by atoms with Gasteiger partial charge in [0.25, 0.3) is 5.91 Å². The highest BCUT2D eigenvalue weighted by molar-refractivity contribution is 7.80. The van der Waals surface area contributed by atoms with Crippen LogP contribution in [-0.4, -0.2) is 16.9 Å². The van der Waals surface area contributed by atoms with Gasteiger partial charge in [-0.2, -0.15) is 0 Å². The molecule has 0 heterocycles. The molecule has 0 saturated heterocycles. The number of amides is 2. The van der Waals surface area contributed by atoms with Crippen molar-refractivity contribution in [3.8, 4) is 0 Å². The Morgan fingerprint density at radius 2 is 1.65 bits per heavy atom. The Hall–Kier alpha value is -2.44. The summed E-state index contributed by atoms with van der Waals surface area (Å²) in [6, 6.07) is 13.7. The molecule has 2 aromatic carbocycles. The first-order chi connectivity index (χ1) is 12.3. The van der Waals surface area contributed by atoms with Gasteiger partial charge >= 0.3 is 0 Å². The van der Waals surface area contributed by atoms with Crippen molar-refractivity contribution in [3.63, 3.8) is 0 Å². The van der Waals surface area contributed by atoms with Crippen molar-refractivity contribution in [1.29, 1.82) is 0 Å². The van der Waals surface area contributed by atoms with E-state index in [0.717, 1.165) is 0 Å². The van der Waals surface area contributed by atoms with Crippen LogP contribution in [-0.2, 0) is 4.79 Å². The van der Waals surface area contributed by atoms with Crippen molar-refractivity contribution in [2.45, 2.75) is 20.3 Å². The van der Waals surface area contributed by atoms with Gasteiger partial charge in [-0.05, 0) is 60.6 Å². The van der Waals surface area contributed by atoms with Gasteiger partial charge in [0, 0.05) is 28.4 Å². The second kappa shape index (κ2) is 9.31. The molecular formula is C19H20ClN3O2S. The smallest absolute Gasteiger partial charge is 0.255 e. The van der Waals surface area contributed by atoms with Gasteiger partial charge in [0.1, 0.15) is 0 Å². The van der Waals surface area contributed by atoms with E-state index in [9.17, 15) is 9.59 Å². The summed E-state index contributed by atoms with van der Waals surface area (Å²) >= 11 is 11.0. The lowest BCUT2D eigenvalue weighted by Gasteiger charge is -2.11. The highest BCUT2D eigenvalue weighted by Crippen LogP contribution is 2.16. The largest absolute Gasteiger partial charge is 0.332 e. The quantitative estimate of drug-likeness (QED) is 0.660.